The van der Waals surface area contributed by atoms with Crippen molar-refractivity contribution in [1.82, 2.24) is 0 Å². The summed E-state index contributed by atoms with van der Waals surface area (Å²) in [5.41, 5.74) is 0.491. The van der Waals surface area contributed by atoms with Crippen LogP contribution in [0.5, 0.6) is 0 Å². The fourth-order valence-corrected chi connectivity index (χ4v) is 4.81. The number of ether oxygens (including phenoxy) is 2. The first-order chi connectivity index (χ1) is 11.4. The lowest BCUT2D eigenvalue weighted by molar-refractivity contribution is -0.143. The molecule has 3 aliphatic rings. The van der Waals surface area contributed by atoms with Crippen molar-refractivity contribution >= 4 is 5.97 Å². The van der Waals surface area contributed by atoms with Gasteiger partial charge >= 0.3 is 5.97 Å². The van der Waals surface area contributed by atoms with Gasteiger partial charge in [0.2, 0.25) is 0 Å². The molecule has 3 aliphatic carbocycles. The average Bonchev–Trinajstić information content (AvgIpc) is 2.61. The fraction of sp³-hybridized carbons (Fsp3) is 0.857. The molecule has 0 amide bonds. The topological polar surface area (TPSA) is 35.5 Å². The molecule has 0 aromatic rings. The number of carbonyl (C=O) groups excluding carboxylic acids is 1. The molecule has 2 bridgehead atoms. The van der Waals surface area contributed by atoms with Gasteiger partial charge in [0.05, 0.1) is 13.2 Å². The lowest BCUT2D eigenvalue weighted by Crippen LogP contribution is -2.52. The Morgan fingerprint density at radius 3 is 2.50 bits per heavy atom. The van der Waals surface area contributed by atoms with Crippen molar-refractivity contribution in [3.05, 3.63) is 12.7 Å². The second-order valence-corrected chi connectivity index (χ2v) is 8.56. The van der Waals surface area contributed by atoms with Crippen LogP contribution >= 0.6 is 0 Å². The van der Waals surface area contributed by atoms with Gasteiger partial charge in [-0.25, -0.2) is 4.79 Å². The molecule has 0 aromatic heterocycles. The summed E-state index contributed by atoms with van der Waals surface area (Å²) >= 11 is 0. The largest absolute Gasteiger partial charge is 0.462 e. The zero-order valence-electron chi connectivity index (χ0n) is 16.1. The van der Waals surface area contributed by atoms with E-state index in [9.17, 15) is 4.79 Å². The lowest BCUT2D eigenvalue weighted by Gasteiger charge is -2.60. The van der Waals surface area contributed by atoms with Crippen molar-refractivity contribution in [1.29, 1.82) is 0 Å². The molecule has 3 saturated carbocycles. The van der Waals surface area contributed by atoms with Crippen molar-refractivity contribution in [3.8, 4) is 0 Å². The van der Waals surface area contributed by atoms with E-state index in [1.54, 1.807) is 0 Å². The van der Waals surface area contributed by atoms with E-state index in [0.29, 0.717) is 18.6 Å². The second kappa shape index (κ2) is 8.03. The second-order valence-electron chi connectivity index (χ2n) is 8.56. The Bertz CT molecular complexity index is 434. The number of rotatable bonds is 10. The molecule has 0 saturated heterocycles. The van der Waals surface area contributed by atoms with Crippen molar-refractivity contribution in [2.24, 2.45) is 28.6 Å². The Morgan fingerprint density at radius 1 is 1.25 bits per heavy atom. The number of esters is 1. The highest BCUT2D eigenvalue weighted by atomic mass is 16.5. The normalized spacial score (nSPS) is 28.1. The van der Waals surface area contributed by atoms with Gasteiger partial charge in [-0.1, -0.05) is 34.3 Å². The third kappa shape index (κ3) is 4.04. The molecular formula is C21H36O3. The number of fused-ring (bicyclic) bond motifs is 2. The average molecular weight is 337 g/mol. The van der Waals surface area contributed by atoms with Gasteiger partial charge in [0.1, 0.15) is 0 Å². The van der Waals surface area contributed by atoms with E-state index in [0.717, 1.165) is 37.2 Å². The standard InChI is InChI=1S/C21H36O3/c1-6-19(22)24-15-21(7-2,8-3)14-23-12-11-16-9-10-17-13-18(16)20(17,4)5/h6,16-18H,1,7-15H2,2-5H3. The van der Waals surface area contributed by atoms with Crippen molar-refractivity contribution in [2.45, 2.75) is 66.2 Å². The maximum atomic E-state index is 11.3. The van der Waals surface area contributed by atoms with E-state index in [2.05, 4.69) is 34.3 Å². The summed E-state index contributed by atoms with van der Waals surface area (Å²) in [6.45, 7) is 14.6. The molecule has 0 radical (unpaired) electrons. The molecule has 0 aromatic carbocycles. The van der Waals surface area contributed by atoms with Crippen LogP contribution in [0.2, 0.25) is 0 Å². The minimum atomic E-state index is -0.342. The van der Waals surface area contributed by atoms with Gasteiger partial charge < -0.3 is 9.47 Å². The van der Waals surface area contributed by atoms with E-state index in [-0.39, 0.29) is 11.4 Å². The summed E-state index contributed by atoms with van der Waals surface area (Å²) in [5, 5.41) is 0. The monoisotopic (exact) mass is 336 g/mol. The molecule has 138 valence electrons. The van der Waals surface area contributed by atoms with E-state index in [1.807, 2.05) is 0 Å². The van der Waals surface area contributed by atoms with E-state index < -0.39 is 0 Å². The Labute approximate surface area is 148 Å². The molecule has 3 unspecified atom stereocenters. The summed E-state index contributed by atoms with van der Waals surface area (Å²) in [6.07, 6.45) is 8.53. The van der Waals surface area contributed by atoms with Crippen LogP contribution in [0.1, 0.15) is 66.2 Å². The number of carbonyl (C=O) groups is 1. The molecular weight excluding hydrogens is 300 g/mol. The van der Waals surface area contributed by atoms with Gasteiger partial charge in [-0.05, 0) is 61.7 Å². The first kappa shape index (κ1) is 19.5. The Hall–Kier alpha value is -0.830. The molecule has 0 N–H and O–H groups in total. The van der Waals surface area contributed by atoms with Crippen LogP contribution in [0.15, 0.2) is 12.7 Å². The summed E-state index contributed by atoms with van der Waals surface area (Å²) in [5.74, 6) is 2.36. The zero-order chi connectivity index (χ0) is 17.8. The van der Waals surface area contributed by atoms with Crippen molar-refractivity contribution in [2.75, 3.05) is 19.8 Å². The Kier molecular flexibility index (Phi) is 6.52. The highest BCUT2D eigenvalue weighted by Crippen LogP contribution is 2.61. The molecule has 0 spiro atoms. The van der Waals surface area contributed by atoms with Gasteiger partial charge in [-0.15, -0.1) is 0 Å². The van der Waals surface area contributed by atoms with E-state index in [1.165, 1.54) is 31.8 Å². The smallest absolute Gasteiger partial charge is 0.330 e. The molecule has 3 heteroatoms. The highest BCUT2D eigenvalue weighted by Gasteiger charge is 2.53. The third-order valence-corrected chi connectivity index (χ3v) is 7.23. The Morgan fingerprint density at radius 2 is 1.96 bits per heavy atom. The van der Waals surface area contributed by atoms with Crippen LogP contribution < -0.4 is 0 Å². The molecule has 3 atom stereocenters. The van der Waals surface area contributed by atoms with Crippen LogP contribution in [0.3, 0.4) is 0 Å². The molecule has 3 nitrogen and oxygen atoms in total. The van der Waals surface area contributed by atoms with Crippen molar-refractivity contribution < 1.29 is 14.3 Å². The SMILES string of the molecule is C=CC(=O)OCC(CC)(CC)COCCC1CCC2CC1C2(C)C. The predicted octanol–water partition coefficient (Wildman–Crippen LogP) is 5.00. The predicted molar refractivity (Wildman–Crippen MR) is 97.7 cm³/mol. The van der Waals surface area contributed by atoms with Gasteiger partial charge in [0.25, 0.3) is 0 Å². The van der Waals surface area contributed by atoms with E-state index in [4.69, 9.17) is 9.47 Å². The molecule has 24 heavy (non-hydrogen) atoms. The maximum Gasteiger partial charge on any atom is 0.330 e. The minimum absolute atomic E-state index is 0.0634. The molecule has 0 heterocycles. The van der Waals surface area contributed by atoms with Crippen LogP contribution in [0.25, 0.3) is 0 Å². The van der Waals surface area contributed by atoms with Gasteiger partial charge in [0, 0.05) is 18.1 Å². The number of hydrogen-bond acceptors (Lipinski definition) is 3. The van der Waals surface area contributed by atoms with Crippen LogP contribution in [-0.4, -0.2) is 25.8 Å². The van der Waals surface area contributed by atoms with Crippen LogP contribution in [0, 0.1) is 28.6 Å². The summed E-state index contributed by atoms with van der Waals surface area (Å²) in [6, 6.07) is 0. The quantitative estimate of drug-likeness (QED) is 0.320. The highest BCUT2D eigenvalue weighted by molar-refractivity contribution is 5.81. The summed E-state index contributed by atoms with van der Waals surface area (Å²) < 4.78 is 11.4. The lowest BCUT2D eigenvalue weighted by atomic mass is 9.45. The fourth-order valence-electron chi connectivity index (χ4n) is 4.81. The first-order valence-electron chi connectivity index (χ1n) is 9.75. The van der Waals surface area contributed by atoms with Gasteiger partial charge in [-0.2, -0.15) is 0 Å². The van der Waals surface area contributed by atoms with Crippen molar-refractivity contribution in [3.63, 3.8) is 0 Å². The van der Waals surface area contributed by atoms with Crippen LogP contribution in [0.4, 0.5) is 0 Å². The number of hydrogen-bond donors (Lipinski definition) is 0. The summed E-state index contributed by atoms with van der Waals surface area (Å²) in [4.78, 5) is 11.3. The first-order valence-corrected chi connectivity index (χ1v) is 9.75. The van der Waals surface area contributed by atoms with Gasteiger partial charge in [-0.3, -0.25) is 0 Å². The summed E-state index contributed by atoms with van der Waals surface area (Å²) in [7, 11) is 0. The van der Waals surface area contributed by atoms with E-state index >= 15 is 0 Å². The minimum Gasteiger partial charge on any atom is -0.462 e. The molecule has 0 aliphatic heterocycles. The third-order valence-electron chi connectivity index (χ3n) is 7.23. The van der Waals surface area contributed by atoms with Gasteiger partial charge in [0.15, 0.2) is 0 Å². The maximum absolute atomic E-state index is 11.3. The zero-order valence-corrected chi connectivity index (χ0v) is 16.1. The molecule has 3 rings (SSSR count). The molecule has 3 fully saturated rings. The Balaban J connectivity index is 1.74. The van der Waals surface area contributed by atoms with Crippen LogP contribution in [-0.2, 0) is 14.3 Å².